The van der Waals surface area contributed by atoms with Crippen LogP contribution in [0.1, 0.15) is 56.6 Å². The van der Waals surface area contributed by atoms with Gasteiger partial charge in [-0.3, -0.25) is 0 Å². The van der Waals surface area contributed by atoms with Crippen molar-refractivity contribution in [1.29, 1.82) is 0 Å². The molecule has 0 saturated carbocycles. The van der Waals surface area contributed by atoms with Gasteiger partial charge >= 0.3 is 6.09 Å². The smallest absolute Gasteiger partial charge is 0.410 e. The van der Waals surface area contributed by atoms with Crippen LogP contribution in [0.15, 0.2) is 24.4 Å². The van der Waals surface area contributed by atoms with Crippen LogP contribution in [0.5, 0.6) is 0 Å². The fourth-order valence-electron chi connectivity index (χ4n) is 3.94. The van der Waals surface area contributed by atoms with E-state index in [4.69, 9.17) is 9.72 Å². The van der Waals surface area contributed by atoms with Crippen molar-refractivity contribution in [2.45, 2.75) is 58.0 Å². The molecule has 3 heterocycles. The fourth-order valence-corrected chi connectivity index (χ4v) is 3.94. The number of nitrogens with zero attached hydrogens (tertiary/aromatic N) is 3. The number of hydrogen-bond acceptors (Lipinski definition) is 3. The van der Waals surface area contributed by atoms with Gasteiger partial charge in [-0.2, -0.15) is 0 Å². The summed E-state index contributed by atoms with van der Waals surface area (Å²) in [6, 6.07) is 4.97. The summed E-state index contributed by atoms with van der Waals surface area (Å²) in [7, 11) is 0. The Kier molecular flexibility index (Phi) is 4.44. The van der Waals surface area contributed by atoms with Crippen LogP contribution in [0, 0.1) is 5.82 Å². The first-order valence-electron chi connectivity index (χ1n) is 9.65. The van der Waals surface area contributed by atoms with Gasteiger partial charge < -0.3 is 14.2 Å². The lowest BCUT2D eigenvalue weighted by Gasteiger charge is -2.32. The van der Waals surface area contributed by atoms with E-state index in [1.807, 2.05) is 26.8 Å². The molecule has 1 aromatic heterocycles. The van der Waals surface area contributed by atoms with E-state index in [0.29, 0.717) is 19.0 Å². The zero-order chi connectivity index (χ0) is 19.2. The molecule has 5 nitrogen and oxygen atoms in total. The number of rotatable bonds is 1. The summed E-state index contributed by atoms with van der Waals surface area (Å²) in [6.07, 6.45) is 5.27. The second-order valence-corrected chi connectivity index (χ2v) is 8.47. The maximum Gasteiger partial charge on any atom is 0.410 e. The average molecular weight is 371 g/mol. The summed E-state index contributed by atoms with van der Waals surface area (Å²) in [6.45, 7) is 7.03. The maximum absolute atomic E-state index is 13.5. The Labute approximate surface area is 159 Å². The first-order valence-corrected chi connectivity index (χ1v) is 9.65. The third kappa shape index (κ3) is 3.70. The molecule has 4 rings (SSSR count). The number of piperidine rings is 1. The van der Waals surface area contributed by atoms with Crippen LogP contribution in [-0.2, 0) is 17.6 Å². The second kappa shape index (κ2) is 6.66. The molecule has 0 N–H and O–H groups in total. The van der Waals surface area contributed by atoms with Gasteiger partial charge in [0.1, 0.15) is 17.2 Å². The highest BCUT2D eigenvalue weighted by molar-refractivity contribution is 5.68. The molecular formula is C21H26FN3O2. The number of hydrogen-bond donors (Lipinski definition) is 0. The summed E-state index contributed by atoms with van der Waals surface area (Å²) in [5, 5.41) is 0. The van der Waals surface area contributed by atoms with Crippen molar-refractivity contribution >= 4 is 6.09 Å². The topological polar surface area (TPSA) is 47.4 Å². The van der Waals surface area contributed by atoms with Crippen LogP contribution in [0.3, 0.4) is 0 Å². The number of carbonyl (C=O) groups is 1. The van der Waals surface area contributed by atoms with Crippen molar-refractivity contribution in [1.82, 2.24) is 14.5 Å². The molecule has 144 valence electrons. The Balaban J connectivity index is 1.46. The quantitative estimate of drug-likeness (QED) is 0.754. The van der Waals surface area contributed by atoms with Gasteiger partial charge in [-0.25, -0.2) is 14.2 Å². The van der Waals surface area contributed by atoms with Gasteiger partial charge in [-0.1, -0.05) is 0 Å². The van der Waals surface area contributed by atoms with E-state index in [-0.39, 0.29) is 11.9 Å². The number of aryl methyl sites for hydroxylation is 2. The number of halogens is 1. The van der Waals surface area contributed by atoms with E-state index >= 15 is 0 Å². The largest absolute Gasteiger partial charge is 0.444 e. The third-order valence-corrected chi connectivity index (χ3v) is 5.28. The number of imidazole rings is 1. The van der Waals surface area contributed by atoms with E-state index in [1.165, 1.54) is 6.07 Å². The van der Waals surface area contributed by atoms with Gasteiger partial charge in [0.25, 0.3) is 0 Å². The monoisotopic (exact) mass is 371 g/mol. The minimum atomic E-state index is -0.469. The van der Waals surface area contributed by atoms with Gasteiger partial charge in [-0.05, 0) is 63.8 Å². The number of benzene rings is 1. The molecule has 27 heavy (non-hydrogen) atoms. The number of ether oxygens (including phenoxy) is 1. The molecule has 1 fully saturated rings. The number of fused-ring (bicyclic) bond motifs is 3. The molecule has 0 bridgehead atoms. The maximum atomic E-state index is 13.5. The molecule has 0 aliphatic carbocycles. The molecule has 0 spiro atoms. The lowest BCUT2D eigenvalue weighted by Crippen LogP contribution is -2.41. The second-order valence-electron chi connectivity index (χ2n) is 8.47. The molecule has 0 atom stereocenters. The summed E-state index contributed by atoms with van der Waals surface area (Å²) >= 11 is 0. The highest BCUT2D eigenvalue weighted by Gasteiger charge is 2.29. The molecule has 0 radical (unpaired) electrons. The van der Waals surface area contributed by atoms with Crippen LogP contribution in [0.4, 0.5) is 9.18 Å². The number of aromatic nitrogens is 2. The first kappa shape index (κ1) is 18.0. The summed E-state index contributed by atoms with van der Waals surface area (Å²) in [5.41, 5.74) is 2.67. The van der Waals surface area contributed by atoms with E-state index in [9.17, 15) is 9.18 Å². The van der Waals surface area contributed by atoms with Gasteiger partial charge in [0.15, 0.2) is 0 Å². The molecule has 6 heteroatoms. The van der Waals surface area contributed by atoms with Crippen LogP contribution < -0.4 is 0 Å². The third-order valence-electron chi connectivity index (χ3n) is 5.28. The lowest BCUT2D eigenvalue weighted by atomic mass is 9.94. The van der Waals surface area contributed by atoms with Crippen molar-refractivity contribution in [2.75, 3.05) is 13.1 Å². The van der Waals surface area contributed by atoms with Crippen molar-refractivity contribution in [2.24, 2.45) is 0 Å². The predicted molar refractivity (Wildman–Crippen MR) is 101 cm³/mol. The zero-order valence-corrected chi connectivity index (χ0v) is 16.2. The zero-order valence-electron chi connectivity index (χ0n) is 16.2. The Bertz CT molecular complexity index is 861. The van der Waals surface area contributed by atoms with E-state index in [0.717, 1.165) is 48.5 Å². The van der Waals surface area contributed by atoms with Gasteiger partial charge in [0.2, 0.25) is 0 Å². The molecule has 2 aliphatic rings. The Morgan fingerprint density at radius 1 is 1.22 bits per heavy atom. The van der Waals surface area contributed by atoms with Crippen LogP contribution in [-0.4, -0.2) is 39.2 Å². The SMILES string of the molecule is CC(C)(C)OC(=O)N1CCC(c2cn3c(n2)CCc2cc(F)ccc2-3)CC1. The summed E-state index contributed by atoms with van der Waals surface area (Å²) in [4.78, 5) is 18.9. The number of amides is 1. The Morgan fingerprint density at radius 2 is 1.96 bits per heavy atom. The summed E-state index contributed by atoms with van der Waals surface area (Å²) in [5.74, 6) is 1.19. The molecule has 1 saturated heterocycles. The molecule has 1 aromatic carbocycles. The first-order chi connectivity index (χ1) is 12.8. The molecule has 2 aromatic rings. The standard InChI is InChI=1S/C21H26FN3O2/c1-21(2,3)27-20(26)24-10-8-14(9-11-24)17-13-25-18-6-5-16(22)12-15(18)4-7-19(25)23-17/h5-6,12-14H,4,7-11H2,1-3H3. The number of likely N-dealkylation sites (tertiary alicyclic amines) is 1. The average Bonchev–Trinajstić information content (AvgIpc) is 3.04. The predicted octanol–water partition coefficient (Wildman–Crippen LogP) is 4.22. The fraction of sp³-hybridized carbons (Fsp3) is 0.524. The van der Waals surface area contributed by atoms with Crippen LogP contribution >= 0.6 is 0 Å². The van der Waals surface area contributed by atoms with Crippen molar-refractivity contribution in [3.63, 3.8) is 0 Å². The van der Waals surface area contributed by atoms with Crippen molar-refractivity contribution < 1.29 is 13.9 Å². The Morgan fingerprint density at radius 3 is 2.67 bits per heavy atom. The highest BCUT2D eigenvalue weighted by Crippen LogP contribution is 2.32. The Hall–Kier alpha value is -2.37. The molecule has 2 aliphatic heterocycles. The summed E-state index contributed by atoms with van der Waals surface area (Å²) < 4.78 is 21.1. The molecular weight excluding hydrogens is 345 g/mol. The van der Waals surface area contributed by atoms with Crippen molar-refractivity contribution in [3.05, 3.63) is 47.3 Å². The molecule has 0 unspecified atom stereocenters. The minimum Gasteiger partial charge on any atom is -0.444 e. The van der Waals surface area contributed by atoms with E-state index in [2.05, 4.69) is 10.8 Å². The normalized spacial score (nSPS) is 17.4. The molecule has 1 amide bonds. The van der Waals surface area contributed by atoms with Gasteiger partial charge in [0, 0.05) is 31.6 Å². The van der Waals surface area contributed by atoms with Gasteiger partial charge in [0.05, 0.1) is 11.4 Å². The number of carbonyl (C=O) groups excluding carboxylic acids is 1. The van der Waals surface area contributed by atoms with Crippen LogP contribution in [0.2, 0.25) is 0 Å². The van der Waals surface area contributed by atoms with Gasteiger partial charge in [-0.15, -0.1) is 0 Å². The van der Waals surface area contributed by atoms with E-state index in [1.54, 1.807) is 11.0 Å². The lowest BCUT2D eigenvalue weighted by molar-refractivity contribution is 0.0204. The van der Waals surface area contributed by atoms with Crippen molar-refractivity contribution in [3.8, 4) is 5.69 Å². The van der Waals surface area contributed by atoms with E-state index < -0.39 is 5.60 Å². The van der Waals surface area contributed by atoms with Crippen LogP contribution in [0.25, 0.3) is 5.69 Å². The minimum absolute atomic E-state index is 0.188. The highest BCUT2D eigenvalue weighted by atomic mass is 19.1.